The van der Waals surface area contributed by atoms with E-state index in [-0.39, 0.29) is 36.8 Å². The number of carbonyl (C=O) groups is 5. The molecule has 9 heteroatoms. The van der Waals surface area contributed by atoms with E-state index in [0.29, 0.717) is 16.0 Å². The van der Waals surface area contributed by atoms with Gasteiger partial charge < -0.3 is 4.90 Å². The molecule has 4 rings (SSSR count). The van der Waals surface area contributed by atoms with E-state index in [0.717, 1.165) is 0 Å². The number of fused-ring (bicyclic) bond motifs is 1. The quantitative estimate of drug-likeness (QED) is 0.753. The number of amides is 5. The Hall–Kier alpha value is -3.33. The normalized spacial score (nSPS) is 18.6. The first kappa shape index (κ1) is 18.1. The van der Waals surface area contributed by atoms with Crippen molar-refractivity contribution in [1.82, 2.24) is 15.5 Å². The molecule has 1 saturated heterocycles. The number of piperidine rings is 1. The van der Waals surface area contributed by atoms with Crippen LogP contribution in [0.5, 0.6) is 0 Å². The minimum atomic E-state index is -0.713. The van der Waals surface area contributed by atoms with E-state index < -0.39 is 23.8 Å². The molecular weight excluding hydrogens is 382 g/mol. The van der Waals surface area contributed by atoms with Crippen molar-refractivity contribution in [3.63, 3.8) is 0 Å². The molecule has 3 heterocycles. The third-order valence-corrected chi connectivity index (χ3v) is 5.63. The Balaban J connectivity index is 1.51. The lowest BCUT2D eigenvalue weighted by atomic mass is 10.0. The number of imide groups is 2. The van der Waals surface area contributed by atoms with E-state index in [1.807, 2.05) is 0 Å². The highest BCUT2D eigenvalue weighted by molar-refractivity contribution is 7.12. The molecule has 2 aromatic rings. The number of thiophene rings is 1. The Morgan fingerprint density at radius 2 is 1.96 bits per heavy atom. The average Bonchev–Trinajstić information content (AvgIpc) is 3.30. The molecule has 0 spiro atoms. The van der Waals surface area contributed by atoms with Gasteiger partial charge in [0.25, 0.3) is 17.7 Å². The van der Waals surface area contributed by atoms with Crippen LogP contribution >= 0.6 is 11.3 Å². The summed E-state index contributed by atoms with van der Waals surface area (Å²) in [4.78, 5) is 62.4. The van der Waals surface area contributed by atoms with Gasteiger partial charge in [-0.3, -0.25) is 34.6 Å². The van der Waals surface area contributed by atoms with Crippen LogP contribution in [0.4, 0.5) is 0 Å². The van der Waals surface area contributed by atoms with Crippen molar-refractivity contribution in [3.05, 3.63) is 57.3 Å². The van der Waals surface area contributed by atoms with Crippen LogP contribution in [-0.2, 0) is 16.1 Å². The number of rotatable bonds is 3. The van der Waals surface area contributed by atoms with Gasteiger partial charge in [-0.05, 0) is 35.6 Å². The van der Waals surface area contributed by atoms with E-state index in [2.05, 4.69) is 10.6 Å². The van der Waals surface area contributed by atoms with Crippen molar-refractivity contribution >= 4 is 40.9 Å². The summed E-state index contributed by atoms with van der Waals surface area (Å²) in [6, 6.07) is 7.22. The third kappa shape index (κ3) is 3.20. The molecule has 2 aliphatic heterocycles. The predicted octanol–water partition coefficient (Wildman–Crippen LogP) is 1.08. The Morgan fingerprint density at radius 3 is 2.68 bits per heavy atom. The first-order valence-corrected chi connectivity index (χ1v) is 9.49. The van der Waals surface area contributed by atoms with Crippen LogP contribution in [0.3, 0.4) is 0 Å². The lowest BCUT2D eigenvalue weighted by Gasteiger charge is -2.29. The molecule has 5 amide bonds. The van der Waals surface area contributed by atoms with Gasteiger partial charge in [0.2, 0.25) is 11.8 Å². The highest BCUT2D eigenvalue weighted by atomic mass is 32.1. The zero-order valence-electron chi connectivity index (χ0n) is 14.6. The van der Waals surface area contributed by atoms with E-state index in [1.165, 1.54) is 28.4 Å². The fourth-order valence-corrected chi connectivity index (χ4v) is 3.96. The summed E-state index contributed by atoms with van der Waals surface area (Å²) in [5.41, 5.74) is 1.19. The van der Waals surface area contributed by atoms with Gasteiger partial charge in [0.15, 0.2) is 0 Å². The molecule has 0 aliphatic carbocycles. The largest absolute Gasteiger partial charge is 0.322 e. The smallest absolute Gasteiger partial charge is 0.268 e. The molecule has 1 atom stereocenters. The molecule has 0 radical (unpaired) electrons. The summed E-state index contributed by atoms with van der Waals surface area (Å²) in [6.45, 7) is 0.233. The third-order valence-electron chi connectivity index (χ3n) is 4.76. The number of nitrogens with zero attached hydrogens (tertiary/aromatic N) is 1. The average molecular weight is 397 g/mol. The minimum Gasteiger partial charge on any atom is -0.322 e. The molecule has 0 saturated carbocycles. The van der Waals surface area contributed by atoms with Crippen LogP contribution in [0.15, 0.2) is 35.7 Å². The van der Waals surface area contributed by atoms with Gasteiger partial charge >= 0.3 is 0 Å². The topological polar surface area (TPSA) is 113 Å². The molecule has 28 heavy (non-hydrogen) atoms. The second-order valence-corrected chi connectivity index (χ2v) is 7.48. The van der Waals surface area contributed by atoms with Gasteiger partial charge in [0.05, 0.1) is 4.88 Å². The van der Waals surface area contributed by atoms with Crippen LogP contribution < -0.4 is 10.6 Å². The number of carbonyl (C=O) groups excluding carboxylic acids is 5. The van der Waals surface area contributed by atoms with Gasteiger partial charge in [0.1, 0.15) is 6.04 Å². The Bertz CT molecular complexity index is 1010. The summed E-state index contributed by atoms with van der Waals surface area (Å²) in [5.74, 6) is -2.31. The second-order valence-electron chi connectivity index (χ2n) is 6.53. The zero-order valence-corrected chi connectivity index (χ0v) is 15.4. The zero-order chi connectivity index (χ0) is 19.8. The number of nitrogens with one attached hydrogen (secondary N) is 2. The molecule has 1 fully saturated rings. The van der Waals surface area contributed by atoms with Gasteiger partial charge in [-0.15, -0.1) is 11.3 Å². The summed E-state index contributed by atoms with van der Waals surface area (Å²) < 4.78 is 0. The van der Waals surface area contributed by atoms with E-state index in [9.17, 15) is 24.0 Å². The molecule has 0 bridgehead atoms. The molecule has 1 aromatic heterocycles. The SMILES string of the molecule is O=C1CCC(N2Cc3ccc(C(=O)NC(=O)c4cccs4)cc3C2=O)C(=O)N1. The van der Waals surface area contributed by atoms with Crippen molar-refractivity contribution in [1.29, 1.82) is 0 Å². The number of hydrogen-bond acceptors (Lipinski definition) is 6. The van der Waals surface area contributed by atoms with Crippen molar-refractivity contribution in [2.45, 2.75) is 25.4 Å². The van der Waals surface area contributed by atoms with Gasteiger partial charge in [-0.2, -0.15) is 0 Å². The van der Waals surface area contributed by atoms with Crippen LogP contribution in [0.25, 0.3) is 0 Å². The Labute approximate surface area is 163 Å². The highest BCUT2D eigenvalue weighted by Crippen LogP contribution is 2.28. The standard InChI is InChI=1S/C19H15N3O5S/c23-15-6-5-13(17(25)20-15)22-9-11-4-3-10(8-12(11)19(22)27)16(24)21-18(26)14-2-1-7-28-14/h1-4,7-8,13H,5-6,9H2,(H,20,23,25)(H,21,24,26). The van der Waals surface area contributed by atoms with Gasteiger partial charge in [0, 0.05) is 24.1 Å². The Morgan fingerprint density at radius 1 is 1.14 bits per heavy atom. The maximum absolute atomic E-state index is 12.8. The summed E-state index contributed by atoms with van der Waals surface area (Å²) >= 11 is 1.22. The Kier molecular flexibility index (Phi) is 4.52. The summed E-state index contributed by atoms with van der Waals surface area (Å²) in [7, 11) is 0. The molecule has 1 unspecified atom stereocenters. The van der Waals surface area contributed by atoms with E-state index in [1.54, 1.807) is 23.6 Å². The number of benzene rings is 1. The lowest BCUT2D eigenvalue weighted by Crippen LogP contribution is -2.52. The fourth-order valence-electron chi connectivity index (χ4n) is 3.34. The molecular formula is C19H15N3O5S. The van der Waals surface area contributed by atoms with E-state index >= 15 is 0 Å². The second kappa shape index (κ2) is 7.01. The van der Waals surface area contributed by atoms with Crippen molar-refractivity contribution in [3.8, 4) is 0 Å². The lowest BCUT2D eigenvalue weighted by molar-refractivity contribution is -0.136. The predicted molar refractivity (Wildman–Crippen MR) is 98.6 cm³/mol. The molecule has 142 valence electrons. The van der Waals surface area contributed by atoms with Gasteiger partial charge in [-0.1, -0.05) is 12.1 Å². The van der Waals surface area contributed by atoms with Crippen LogP contribution in [0, 0.1) is 0 Å². The monoisotopic (exact) mass is 397 g/mol. The minimum absolute atomic E-state index is 0.176. The van der Waals surface area contributed by atoms with Crippen molar-refractivity contribution < 1.29 is 24.0 Å². The maximum Gasteiger partial charge on any atom is 0.268 e. The maximum atomic E-state index is 12.8. The summed E-state index contributed by atoms with van der Waals surface area (Å²) in [5, 5.41) is 6.28. The highest BCUT2D eigenvalue weighted by Gasteiger charge is 2.39. The number of hydrogen-bond donors (Lipinski definition) is 2. The molecule has 2 aliphatic rings. The van der Waals surface area contributed by atoms with Crippen LogP contribution in [0.2, 0.25) is 0 Å². The fraction of sp³-hybridized carbons (Fsp3) is 0.211. The first-order valence-electron chi connectivity index (χ1n) is 8.61. The van der Waals surface area contributed by atoms with Crippen LogP contribution in [0.1, 0.15) is 48.8 Å². The summed E-state index contributed by atoms with van der Waals surface area (Å²) in [6.07, 6.45) is 0.447. The first-order chi connectivity index (χ1) is 13.4. The molecule has 1 aromatic carbocycles. The van der Waals surface area contributed by atoms with Crippen LogP contribution in [-0.4, -0.2) is 40.5 Å². The molecule has 2 N–H and O–H groups in total. The van der Waals surface area contributed by atoms with E-state index in [4.69, 9.17) is 0 Å². The van der Waals surface area contributed by atoms with Gasteiger partial charge in [-0.25, -0.2) is 0 Å². The van der Waals surface area contributed by atoms with Crippen molar-refractivity contribution in [2.75, 3.05) is 0 Å². The molecule has 8 nitrogen and oxygen atoms in total. The van der Waals surface area contributed by atoms with Crippen molar-refractivity contribution in [2.24, 2.45) is 0 Å².